The van der Waals surface area contributed by atoms with Crippen molar-refractivity contribution in [2.45, 2.75) is 0 Å². The summed E-state index contributed by atoms with van der Waals surface area (Å²) in [4.78, 5) is 0. The number of hydrogen-bond acceptors (Lipinski definition) is 10. The predicted molar refractivity (Wildman–Crippen MR) is 104 cm³/mol. The Morgan fingerprint density at radius 3 is 0.895 bits per heavy atom. The van der Waals surface area contributed by atoms with Crippen LogP contribution in [-0.4, -0.2) is 0 Å². The highest BCUT2D eigenvalue weighted by Crippen LogP contribution is 2.17. The zero-order chi connectivity index (χ0) is 28.3. The fourth-order valence-corrected chi connectivity index (χ4v) is 3.00. The third kappa shape index (κ3) is 11.4. The maximum atomic E-state index is 8.91. The van der Waals surface area contributed by atoms with Crippen LogP contribution in [0.5, 0.6) is 0 Å². The van der Waals surface area contributed by atoms with Gasteiger partial charge in [0.2, 0.25) is 11.4 Å². The van der Waals surface area contributed by atoms with E-state index in [1.807, 2.05) is 82.5 Å². The van der Waals surface area contributed by atoms with Crippen molar-refractivity contribution in [1.29, 1.82) is 10.5 Å². The Labute approximate surface area is 220 Å². The Kier molecular flexibility index (Phi) is 10.7. The van der Waals surface area contributed by atoms with Crippen LogP contribution in [0.4, 0.5) is 0 Å². The second-order valence-electron chi connectivity index (χ2n) is 7.06. The van der Waals surface area contributed by atoms with Crippen LogP contribution in [0.15, 0.2) is 97.6 Å². The fraction of sp³-hybridized carbons (Fsp3) is 0. The lowest BCUT2D eigenvalue weighted by Crippen LogP contribution is -2.68. The van der Waals surface area contributed by atoms with E-state index in [-0.39, 0.29) is 0 Å². The Bertz CT molecular complexity index is 1270. The predicted octanol–water partition coefficient (Wildman–Crippen LogP) is -5.86. The molecule has 0 fully saturated rings. The van der Waals surface area contributed by atoms with Gasteiger partial charge in [-0.25, -0.2) is 37.3 Å². The molecule has 0 aliphatic rings. The molecule has 0 atom stereocenters. The summed E-state index contributed by atoms with van der Waals surface area (Å²) < 4.78 is 72.0. The monoisotopic (exact) mass is 558 g/mol. The summed E-state index contributed by atoms with van der Waals surface area (Å²) >= 11 is 0. The summed E-state index contributed by atoms with van der Waals surface area (Å²) in [6, 6.07) is 27.5. The van der Waals surface area contributed by atoms with Crippen LogP contribution in [0, 0.1) is 43.1 Å². The van der Waals surface area contributed by atoms with Crippen molar-refractivity contribution in [3.05, 3.63) is 109 Å². The van der Waals surface area contributed by atoms with E-state index in [1.165, 1.54) is 0 Å². The third-order valence-corrected chi connectivity index (χ3v) is 4.58. The number of aromatic nitrogens is 2. The number of pyridine rings is 2. The van der Waals surface area contributed by atoms with Gasteiger partial charge in [0.1, 0.15) is 0 Å². The largest absolute Gasteiger partial charge is 0.222 e. The van der Waals surface area contributed by atoms with E-state index >= 15 is 0 Å². The lowest BCUT2D eigenvalue weighted by atomic mass is 10.1. The maximum Gasteiger partial charge on any atom is 0.210 e. The van der Waals surface area contributed by atoms with Crippen LogP contribution >= 0.6 is 0 Å². The van der Waals surface area contributed by atoms with Gasteiger partial charge in [-0.15, -0.1) is 20.5 Å². The first kappa shape index (κ1) is 30.2. The van der Waals surface area contributed by atoms with Gasteiger partial charge in [0.15, 0.2) is 24.8 Å². The molecule has 12 nitrogen and oxygen atoms in total. The lowest BCUT2D eigenvalue weighted by Gasteiger charge is -2.17. The average Bonchev–Trinajstić information content (AvgIpc) is 2.87. The van der Waals surface area contributed by atoms with E-state index in [4.69, 9.17) is 47.8 Å². The van der Waals surface area contributed by atoms with Gasteiger partial charge in [0, 0.05) is 48.5 Å². The molecular weight excluding hydrogens is 543 g/mol. The van der Waals surface area contributed by atoms with Crippen LogP contribution in [0.1, 0.15) is 11.1 Å². The molecule has 0 aliphatic heterocycles. The number of benzene rings is 2. The standard InChI is InChI=1S/C24H16N4.2ClHO4/c25-17-19-1-5-23(6-2-19)27-13-9-21(10-14-27)22-11-15-28(16-12-22)24-7-3-20(18-26)4-8-24;2*2-1(3,4)5/h1-16H;2*(H,2,3,4,5)/q+2;;/p-2. The molecule has 4 aromatic rings. The summed E-state index contributed by atoms with van der Waals surface area (Å²) in [6.07, 6.45) is 8.05. The van der Waals surface area contributed by atoms with Gasteiger partial charge in [-0.2, -0.15) is 19.7 Å². The molecule has 2 aromatic heterocycles. The number of rotatable bonds is 3. The highest BCUT2D eigenvalue weighted by molar-refractivity contribution is 5.61. The SMILES string of the molecule is N#Cc1ccc(-[n+]2ccc(-c3cc[n+](-c4ccc(C#N)cc4)cc3)cc2)cc1.[O-][Cl+3]([O-])([O-])[O-].[O-][Cl+3]([O-])([O-])[O-]. The summed E-state index contributed by atoms with van der Waals surface area (Å²) in [5.41, 5.74) is 5.57. The van der Waals surface area contributed by atoms with E-state index in [1.54, 1.807) is 0 Å². The smallest absolute Gasteiger partial charge is 0.210 e. The molecule has 0 saturated heterocycles. The number of nitriles is 2. The summed E-state index contributed by atoms with van der Waals surface area (Å²) in [5.74, 6) is 0. The second-order valence-corrected chi connectivity index (χ2v) is 8.57. The minimum absolute atomic E-state index is 0.654. The van der Waals surface area contributed by atoms with Crippen LogP contribution < -0.4 is 46.4 Å². The quantitative estimate of drug-likeness (QED) is 0.215. The molecule has 2 heterocycles. The highest BCUT2D eigenvalue weighted by Gasteiger charge is 2.09. The highest BCUT2D eigenvalue weighted by atomic mass is 35.7. The van der Waals surface area contributed by atoms with E-state index in [0.29, 0.717) is 11.1 Å². The van der Waals surface area contributed by atoms with Crippen molar-refractivity contribution in [2.75, 3.05) is 0 Å². The molecule has 0 spiro atoms. The number of hydrogen-bond donors (Lipinski definition) is 0. The van der Waals surface area contributed by atoms with Crippen LogP contribution in [-0.2, 0) is 0 Å². The van der Waals surface area contributed by atoms with E-state index in [0.717, 1.165) is 22.5 Å². The van der Waals surface area contributed by atoms with Gasteiger partial charge in [-0.3, -0.25) is 0 Å². The Hall–Kier alpha value is -4.02. The topological polar surface area (TPSA) is 240 Å². The molecule has 38 heavy (non-hydrogen) atoms. The summed E-state index contributed by atoms with van der Waals surface area (Å²) in [6.45, 7) is 0. The zero-order valence-electron chi connectivity index (χ0n) is 19.0. The summed E-state index contributed by atoms with van der Waals surface area (Å²) in [7, 11) is -9.89. The van der Waals surface area contributed by atoms with E-state index < -0.39 is 20.5 Å². The molecule has 0 saturated carbocycles. The lowest BCUT2D eigenvalue weighted by molar-refractivity contribution is -2.00. The van der Waals surface area contributed by atoms with Crippen molar-refractivity contribution in [1.82, 2.24) is 0 Å². The second kappa shape index (κ2) is 13.5. The molecule has 2 aromatic carbocycles. The molecule has 4 rings (SSSR count). The normalized spacial score (nSPS) is 10.6. The molecule has 0 bridgehead atoms. The fourth-order valence-electron chi connectivity index (χ4n) is 3.00. The molecule has 0 radical (unpaired) electrons. The molecule has 0 unspecified atom stereocenters. The van der Waals surface area contributed by atoms with Gasteiger partial charge in [-0.05, 0) is 35.4 Å². The Morgan fingerprint density at radius 1 is 0.447 bits per heavy atom. The Balaban J connectivity index is 0.000000435. The minimum Gasteiger partial charge on any atom is -0.222 e. The van der Waals surface area contributed by atoms with Gasteiger partial charge in [-0.1, -0.05) is 0 Å². The maximum absolute atomic E-state index is 8.91. The first-order chi connectivity index (χ1) is 17.8. The van der Waals surface area contributed by atoms with Crippen molar-refractivity contribution < 1.29 is 66.9 Å². The van der Waals surface area contributed by atoms with Crippen molar-refractivity contribution in [2.24, 2.45) is 0 Å². The number of nitrogens with zero attached hydrogens (tertiary/aromatic N) is 4. The van der Waals surface area contributed by atoms with Crippen LogP contribution in [0.2, 0.25) is 0 Å². The van der Waals surface area contributed by atoms with Crippen LogP contribution in [0.25, 0.3) is 22.5 Å². The van der Waals surface area contributed by atoms with Gasteiger partial charge in [0.05, 0.1) is 23.3 Å². The first-order valence-corrected chi connectivity index (χ1v) is 12.5. The Morgan fingerprint density at radius 2 is 0.684 bits per heavy atom. The van der Waals surface area contributed by atoms with Gasteiger partial charge < -0.3 is 0 Å². The third-order valence-electron chi connectivity index (χ3n) is 4.58. The van der Waals surface area contributed by atoms with Crippen LogP contribution in [0.3, 0.4) is 0 Å². The van der Waals surface area contributed by atoms with Gasteiger partial charge >= 0.3 is 0 Å². The number of halogens is 2. The van der Waals surface area contributed by atoms with E-state index in [9.17, 15) is 0 Å². The molecule has 0 amide bonds. The zero-order valence-corrected chi connectivity index (χ0v) is 20.6. The van der Waals surface area contributed by atoms with Crippen molar-refractivity contribution in [3.63, 3.8) is 0 Å². The minimum atomic E-state index is -4.94. The van der Waals surface area contributed by atoms with Crippen molar-refractivity contribution in [3.8, 4) is 34.6 Å². The van der Waals surface area contributed by atoms with Crippen molar-refractivity contribution >= 4 is 0 Å². The molecular formula is C24H16Cl2N4O8. The molecule has 0 N–H and O–H groups in total. The molecule has 0 aliphatic carbocycles. The van der Waals surface area contributed by atoms with Gasteiger partial charge in [0.25, 0.3) is 0 Å². The average molecular weight is 559 g/mol. The molecule has 194 valence electrons. The first-order valence-electron chi connectivity index (χ1n) is 10.0. The summed E-state index contributed by atoms with van der Waals surface area (Å²) in [5, 5.41) is 17.8. The molecule has 14 heteroatoms. The van der Waals surface area contributed by atoms with E-state index in [2.05, 4.69) is 36.4 Å².